The van der Waals surface area contributed by atoms with Gasteiger partial charge in [-0.05, 0) is 156 Å². The fourth-order valence-electron chi connectivity index (χ4n) is 13.1. The molecule has 6 rings (SSSR count). The molecule has 1 spiro atoms. The van der Waals surface area contributed by atoms with Crippen molar-refractivity contribution in [1.82, 2.24) is 0 Å². The number of benzene rings is 4. The molecule has 0 amide bonds. The summed E-state index contributed by atoms with van der Waals surface area (Å²) in [5.41, 5.74) is 7.46. The van der Waals surface area contributed by atoms with Crippen molar-refractivity contribution < 1.29 is 58.5 Å². The molecule has 528 valence electrons. The average Bonchev–Trinajstić information content (AvgIpc) is 0.663. The van der Waals surface area contributed by atoms with E-state index in [0.29, 0.717) is 0 Å². The molecule has 0 aliphatic carbocycles. The van der Waals surface area contributed by atoms with Gasteiger partial charge in [-0.2, -0.15) is 0 Å². The highest BCUT2D eigenvalue weighted by Gasteiger charge is 2.74. The Morgan fingerprint density at radius 2 is 0.667 bits per heavy atom. The first-order chi connectivity index (χ1) is 42.5. The fraction of sp³-hybridized carbons (Fsp3) is 0.696. The number of ether oxygens (including phenoxy) is 4. The number of aliphatic hydroxyl groups excluding tert-OH is 2. The second-order valence-electron chi connectivity index (χ2n) is 33.7. The van der Waals surface area contributed by atoms with Crippen molar-refractivity contribution in [3.8, 4) is 0 Å². The van der Waals surface area contributed by atoms with E-state index >= 15 is 0 Å². The predicted octanol–water partition coefficient (Wildman–Crippen LogP) is 18.8. The summed E-state index contributed by atoms with van der Waals surface area (Å²) in [7, 11) is -5.24. The Morgan fingerprint density at radius 3 is 0.968 bits per heavy atom. The lowest BCUT2D eigenvalue weighted by atomic mass is 9.54. The highest BCUT2D eigenvalue weighted by atomic mass is 31.2. The third kappa shape index (κ3) is 16.6. The Kier molecular flexibility index (Phi) is 27.0. The van der Waals surface area contributed by atoms with Gasteiger partial charge < -0.3 is 58.5 Å². The Morgan fingerprint density at radius 1 is 0.387 bits per heavy atom. The fourth-order valence-corrected chi connectivity index (χ4v) is 13.1. The van der Waals surface area contributed by atoms with Crippen molar-refractivity contribution in [2.45, 2.75) is 312 Å². The van der Waals surface area contributed by atoms with Gasteiger partial charge in [0.2, 0.25) is 5.79 Å². The van der Waals surface area contributed by atoms with Crippen LogP contribution >= 0.6 is 17.2 Å². The maximum Gasteiger partial charge on any atom is 0.324 e. The van der Waals surface area contributed by atoms with Gasteiger partial charge in [-0.3, -0.25) is 0 Å². The first kappa shape index (κ1) is 82.7. The van der Waals surface area contributed by atoms with Crippen molar-refractivity contribution in [1.29, 1.82) is 0 Å². The maximum absolute atomic E-state index is 12.8. The van der Waals surface area contributed by atoms with Gasteiger partial charge in [-0.15, -0.1) is 0 Å². The van der Waals surface area contributed by atoms with E-state index in [4.69, 9.17) is 43.6 Å². The molecule has 93 heavy (non-hydrogen) atoms. The molecule has 12 nitrogen and oxygen atoms in total. The lowest BCUT2D eigenvalue weighted by Gasteiger charge is -2.67. The molecule has 2 fully saturated rings. The summed E-state index contributed by atoms with van der Waals surface area (Å²) in [4.78, 5) is 43.4. The van der Waals surface area contributed by atoms with Crippen LogP contribution in [-0.4, -0.2) is 72.3 Å². The zero-order chi connectivity index (χ0) is 71.5. The summed E-state index contributed by atoms with van der Waals surface area (Å²) >= 11 is 0. The first-order valence-corrected chi connectivity index (χ1v) is 37.1. The van der Waals surface area contributed by atoms with Crippen LogP contribution in [0.4, 0.5) is 0 Å². The Hall–Kier alpha value is -2.74. The molecule has 0 aromatic heterocycles. The Bertz CT molecular complexity index is 3000. The molecule has 2 aliphatic rings. The van der Waals surface area contributed by atoms with Crippen LogP contribution in [0, 0.1) is 16.2 Å². The van der Waals surface area contributed by atoms with Crippen molar-refractivity contribution in [2.75, 3.05) is 26.4 Å². The minimum absolute atomic E-state index is 0.115. The SMILES string of the molecule is CCC(C)(C)c1ccc(C2OC(c3ccc(C(C)(C)CC)cc3C(C)(C)CC)(C(C)(C)CO)OC(c3ccc(C(C)(C)CC)cc3C(C)(C)CC)(c3ccc(C(C)(C)CC)cc3C(C)(C)CC)C23COC(C(C)(C)CO)OC3)c(C(C)(C)CC)c1.OP(O)O.OP(O)O. The molecule has 4 aromatic carbocycles. The lowest BCUT2D eigenvalue weighted by molar-refractivity contribution is -0.463. The quantitative estimate of drug-likeness (QED) is 0.0309. The van der Waals surface area contributed by atoms with Crippen LogP contribution in [0.15, 0.2) is 72.8 Å². The smallest absolute Gasteiger partial charge is 0.324 e. The average molecular weight is 1330 g/mol. The standard InChI is InChI=1S/C79H124O6.2H3O3P/c1-29-67(9,10)53-37-41-57(61(45-53)71(17,18)33-5)65-77(51-82-66(83-52-77)75(25,26)49-80)78(58-42-38-54(68(11,12)30-2)46-62(58)72(19,20)34-6,59-43-39-55(69(13,14)31-3)47-63(59)73(21,22)35-7)85-79(84-65,76(27,28)50-81)60-44-40-56(70(15,16)32-4)48-64(60)74(23,24)36-8;2*1-4(2)3/h37-48,65-66,80-81H,29-36,49-52H2,1-28H3;2*1-3H. The maximum atomic E-state index is 12.8. The van der Waals surface area contributed by atoms with E-state index in [1.165, 1.54) is 38.9 Å². The largest absolute Gasteiger partial charge is 0.396 e. The van der Waals surface area contributed by atoms with E-state index in [9.17, 15) is 14.9 Å². The second kappa shape index (κ2) is 30.4. The molecular weight excluding hydrogens is 1200 g/mol. The normalized spacial score (nSPS) is 20.6. The second-order valence-corrected chi connectivity index (χ2v) is 34.8. The summed E-state index contributed by atoms with van der Waals surface area (Å²) in [5, 5.41) is 24.0. The predicted molar refractivity (Wildman–Crippen MR) is 387 cm³/mol. The van der Waals surface area contributed by atoms with Crippen LogP contribution in [0.25, 0.3) is 0 Å². The molecule has 0 bridgehead atoms. The molecule has 2 unspecified atom stereocenters. The molecule has 2 aliphatic heterocycles. The van der Waals surface area contributed by atoms with E-state index in [1.54, 1.807) is 0 Å². The van der Waals surface area contributed by atoms with Crippen LogP contribution in [0.1, 0.15) is 318 Å². The summed E-state index contributed by atoms with van der Waals surface area (Å²) in [6.45, 7) is 65.0. The number of hydrogen-bond donors (Lipinski definition) is 8. The highest BCUT2D eigenvalue weighted by molar-refractivity contribution is 7.38. The molecule has 4 aromatic rings. The zero-order valence-corrected chi connectivity index (χ0v) is 65.0. The molecule has 2 atom stereocenters. The first-order valence-electron chi connectivity index (χ1n) is 34.7. The minimum Gasteiger partial charge on any atom is -0.396 e. The van der Waals surface area contributed by atoms with Crippen LogP contribution in [0.5, 0.6) is 0 Å². The van der Waals surface area contributed by atoms with Crippen molar-refractivity contribution in [3.63, 3.8) is 0 Å². The molecule has 0 radical (unpaired) electrons. The molecule has 14 heteroatoms. The molecular formula is C79H130O12P2. The Labute approximate surface area is 567 Å². The van der Waals surface area contributed by atoms with Crippen LogP contribution in [0.3, 0.4) is 0 Å². The third-order valence-corrected chi connectivity index (χ3v) is 23.7. The Balaban J connectivity index is 0.00000217. The van der Waals surface area contributed by atoms with Gasteiger partial charge >= 0.3 is 17.2 Å². The van der Waals surface area contributed by atoms with E-state index in [1.807, 2.05) is 13.8 Å². The van der Waals surface area contributed by atoms with Crippen LogP contribution in [-0.2, 0) is 73.7 Å². The molecule has 2 heterocycles. The van der Waals surface area contributed by atoms with E-state index in [2.05, 4.69) is 253 Å². The van der Waals surface area contributed by atoms with Gasteiger partial charge in [0.1, 0.15) is 11.7 Å². The van der Waals surface area contributed by atoms with Gasteiger partial charge in [0.25, 0.3) is 0 Å². The van der Waals surface area contributed by atoms with E-state index in [-0.39, 0.29) is 69.7 Å². The van der Waals surface area contributed by atoms with Gasteiger partial charge in [0.15, 0.2) is 6.29 Å². The van der Waals surface area contributed by atoms with E-state index < -0.39 is 57.2 Å². The monoisotopic (exact) mass is 1330 g/mol. The van der Waals surface area contributed by atoms with Gasteiger partial charge in [0, 0.05) is 16.4 Å². The van der Waals surface area contributed by atoms with E-state index in [0.717, 1.165) is 79.2 Å². The molecule has 8 N–H and O–H groups in total. The van der Waals surface area contributed by atoms with Crippen molar-refractivity contribution >= 4 is 17.2 Å². The van der Waals surface area contributed by atoms with Gasteiger partial charge in [-0.25, -0.2) is 0 Å². The van der Waals surface area contributed by atoms with Crippen molar-refractivity contribution in [2.24, 2.45) is 16.2 Å². The number of rotatable bonds is 24. The number of hydrogen-bond acceptors (Lipinski definition) is 12. The number of aliphatic hydroxyl groups is 2. The minimum atomic E-state index is -2.62. The highest BCUT2D eigenvalue weighted by Crippen LogP contribution is 2.71. The zero-order valence-electron chi connectivity index (χ0n) is 63.2. The van der Waals surface area contributed by atoms with Gasteiger partial charge in [0.05, 0.1) is 31.8 Å². The summed E-state index contributed by atoms with van der Waals surface area (Å²) in [6.07, 6.45) is 5.75. The van der Waals surface area contributed by atoms with Crippen LogP contribution < -0.4 is 0 Å². The van der Waals surface area contributed by atoms with Gasteiger partial charge in [-0.1, -0.05) is 267 Å². The lowest BCUT2D eigenvalue weighted by Crippen LogP contribution is -2.71. The molecule has 2 saturated heterocycles. The van der Waals surface area contributed by atoms with Crippen LogP contribution in [0.2, 0.25) is 0 Å². The topological polar surface area (TPSA) is 199 Å². The summed E-state index contributed by atoms with van der Waals surface area (Å²) < 4.78 is 33.3. The van der Waals surface area contributed by atoms with Crippen molar-refractivity contribution in [3.05, 3.63) is 140 Å². The summed E-state index contributed by atoms with van der Waals surface area (Å²) in [5.74, 6) is -1.67. The third-order valence-electron chi connectivity index (χ3n) is 23.7. The summed E-state index contributed by atoms with van der Waals surface area (Å²) in [6, 6.07) is 29.2. The molecule has 0 saturated carbocycles.